The van der Waals surface area contributed by atoms with Gasteiger partial charge < -0.3 is 0 Å². The van der Waals surface area contributed by atoms with Crippen molar-refractivity contribution in [3.05, 3.63) is 144 Å². The minimum absolute atomic E-state index is 0.495. The Hall–Kier alpha value is -4.80. The predicted molar refractivity (Wildman–Crippen MR) is 180 cm³/mol. The second kappa shape index (κ2) is 14.7. The van der Waals surface area contributed by atoms with Crippen molar-refractivity contribution in [2.45, 2.75) is 0 Å². The standard InChI is InChI=1S/C32H28N8S2/c1-41-31-37-33-27(23-15-7-3-8-16-23)29(25-19-11-5-12-20-25)35-39-32(42-2)40-36-30(26-21-13-6-14-22-26)28(34-38-31)24-17-9-4-10-18-24/h3-22H,1-2H3,(H,37,38)(H,39,40)/b33-27-,34-28-,35-29-,36-30-. The summed E-state index contributed by atoms with van der Waals surface area (Å²) in [7, 11) is 0. The Morgan fingerprint density at radius 3 is 0.952 bits per heavy atom. The van der Waals surface area contributed by atoms with Crippen LogP contribution < -0.4 is 10.9 Å². The van der Waals surface area contributed by atoms with E-state index in [2.05, 4.69) is 21.1 Å². The number of hydrazone groups is 2. The lowest BCUT2D eigenvalue weighted by Gasteiger charge is -2.13. The molecule has 0 radical (unpaired) electrons. The molecule has 0 unspecified atom stereocenters. The van der Waals surface area contributed by atoms with Gasteiger partial charge in [-0.05, 0) is 12.5 Å². The zero-order valence-electron chi connectivity index (χ0n) is 23.0. The highest BCUT2D eigenvalue weighted by atomic mass is 32.2. The lowest BCUT2D eigenvalue weighted by Crippen LogP contribution is -2.26. The van der Waals surface area contributed by atoms with Gasteiger partial charge in [-0.2, -0.15) is 10.2 Å². The van der Waals surface area contributed by atoms with E-state index in [9.17, 15) is 0 Å². The van der Waals surface area contributed by atoms with Crippen LogP contribution in [0.3, 0.4) is 0 Å². The Labute approximate surface area is 253 Å². The lowest BCUT2D eigenvalue weighted by atomic mass is 10.00. The zero-order chi connectivity index (χ0) is 29.0. The van der Waals surface area contributed by atoms with Crippen LogP contribution in [-0.2, 0) is 0 Å². The van der Waals surface area contributed by atoms with Crippen LogP contribution in [0.4, 0.5) is 0 Å². The summed E-state index contributed by atoms with van der Waals surface area (Å²) in [5.74, 6) is 0. The van der Waals surface area contributed by atoms with E-state index in [1.54, 1.807) is 0 Å². The zero-order valence-corrected chi connectivity index (χ0v) is 24.7. The molecular weight excluding hydrogens is 561 g/mol. The van der Waals surface area contributed by atoms with Gasteiger partial charge in [0.1, 0.15) is 22.8 Å². The van der Waals surface area contributed by atoms with Crippen LogP contribution in [-0.4, -0.2) is 45.7 Å². The van der Waals surface area contributed by atoms with Gasteiger partial charge in [0, 0.05) is 22.3 Å². The van der Waals surface area contributed by atoms with Crippen LogP contribution >= 0.6 is 23.5 Å². The van der Waals surface area contributed by atoms with Gasteiger partial charge in [-0.3, -0.25) is 10.9 Å². The Balaban J connectivity index is 1.74. The van der Waals surface area contributed by atoms with Gasteiger partial charge in [0.25, 0.3) is 0 Å². The summed E-state index contributed by atoms with van der Waals surface area (Å²) in [5.41, 5.74) is 12.1. The van der Waals surface area contributed by atoms with Crippen molar-refractivity contribution < 1.29 is 0 Å². The second-order valence-electron chi connectivity index (χ2n) is 8.72. The highest BCUT2D eigenvalue weighted by Gasteiger charge is 2.18. The van der Waals surface area contributed by atoms with Crippen molar-refractivity contribution in [2.24, 2.45) is 30.6 Å². The SMILES string of the molecule is CS/C1=N/N=C(c2ccccc2)\C(c2ccccc2)=N/N\C(SC)=N/N=C(c2ccccc2)\C(c2ccccc2)=N/N1. The maximum Gasteiger partial charge on any atom is 0.203 e. The fourth-order valence-corrected chi connectivity index (χ4v) is 4.51. The van der Waals surface area contributed by atoms with Crippen molar-refractivity contribution in [2.75, 3.05) is 12.5 Å². The number of hydrogen-bond donors (Lipinski definition) is 2. The minimum atomic E-state index is 0.495. The Kier molecular flexibility index (Phi) is 10.1. The Morgan fingerprint density at radius 1 is 0.381 bits per heavy atom. The van der Waals surface area contributed by atoms with Crippen molar-refractivity contribution in [3.8, 4) is 0 Å². The molecule has 0 bridgehead atoms. The van der Waals surface area contributed by atoms with Crippen molar-refractivity contribution in [3.63, 3.8) is 0 Å². The van der Waals surface area contributed by atoms with Gasteiger partial charge >= 0.3 is 0 Å². The van der Waals surface area contributed by atoms with E-state index in [-0.39, 0.29) is 0 Å². The van der Waals surface area contributed by atoms with Crippen molar-refractivity contribution in [1.29, 1.82) is 0 Å². The van der Waals surface area contributed by atoms with E-state index in [4.69, 9.17) is 20.4 Å². The van der Waals surface area contributed by atoms with E-state index < -0.39 is 0 Å². The number of hydrogen-bond acceptors (Lipinski definition) is 10. The van der Waals surface area contributed by atoms with Gasteiger partial charge in [0.2, 0.25) is 10.3 Å². The molecular formula is C32H28N8S2. The monoisotopic (exact) mass is 588 g/mol. The average Bonchev–Trinajstić information content (AvgIpc) is 3.06. The molecule has 1 aliphatic heterocycles. The Morgan fingerprint density at radius 2 is 0.667 bits per heavy atom. The maximum atomic E-state index is 4.81. The maximum absolute atomic E-state index is 4.81. The van der Waals surface area contributed by atoms with E-state index >= 15 is 0 Å². The smallest absolute Gasteiger partial charge is 0.203 e. The molecule has 0 atom stereocenters. The first-order valence-corrected chi connectivity index (χ1v) is 15.5. The largest absolute Gasteiger partial charge is 0.254 e. The van der Waals surface area contributed by atoms with Gasteiger partial charge in [0.15, 0.2) is 0 Å². The fourth-order valence-electron chi connectivity index (χ4n) is 3.99. The number of thioether (sulfide) groups is 2. The van der Waals surface area contributed by atoms with Crippen molar-refractivity contribution in [1.82, 2.24) is 10.9 Å². The molecule has 0 aromatic heterocycles. The molecule has 0 amide bonds. The summed E-state index contributed by atoms with van der Waals surface area (Å²) < 4.78 is 0. The molecule has 4 aromatic carbocycles. The summed E-state index contributed by atoms with van der Waals surface area (Å²) in [4.78, 5) is 0. The van der Waals surface area contributed by atoms with Gasteiger partial charge in [-0.15, -0.1) is 20.4 Å². The molecule has 1 heterocycles. The predicted octanol–water partition coefficient (Wildman–Crippen LogP) is 6.23. The average molecular weight is 589 g/mol. The van der Waals surface area contributed by atoms with E-state index in [1.807, 2.05) is 134 Å². The molecule has 5 rings (SSSR count). The first-order chi connectivity index (χ1) is 20.8. The topological polar surface area (TPSA) is 98.2 Å². The molecule has 42 heavy (non-hydrogen) atoms. The molecule has 0 spiro atoms. The number of amidine groups is 2. The Bertz CT molecular complexity index is 1540. The third-order valence-electron chi connectivity index (χ3n) is 6.03. The molecule has 1 aliphatic rings. The molecule has 8 nitrogen and oxygen atoms in total. The molecule has 10 heteroatoms. The summed E-state index contributed by atoms with van der Waals surface area (Å²) in [6, 6.07) is 39.4. The third kappa shape index (κ3) is 7.28. The quantitative estimate of drug-likeness (QED) is 0.295. The molecule has 0 saturated carbocycles. The summed E-state index contributed by atoms with van der Waals surface area (Å²) in [5, 5.41) is 29.2. The van der Waals surface area contributed by atoms with E-state index in [0.717, 1.165) is 22.3 Å². The van der Waals surface area contributed by atoms with Crippen LogP contribution in [0, 0.1) is 0 Å². The highest BCUT2D eigenvalue weighted by molar-refractivity contribution is 8.13. The third-order valence-corrected chi connectivity index (χ3v) is 7.15. The summed E-state index contributed by atoms with van der Waals surface area (Å²) in [6.45, 7) is 0. The van der Waals surface area contributed by atoms with Crippen LogP contribution in [0.5, 0.6) is 0 Å². The van der Waals surface area contributed by atoms with Crippen molar-refractivity contribution >= 4 is 56.7 Å². The first kappa shape index (κ1) is 28.7. The van der Waals surface area contributed by atoms with E-state index in [0.29, 0.717) is 33.2 Å². The molecule has 4 aromatic rings. The van der Waals surface area contributed by atoms with Gasteiger partial charge in [-0.25, -0.2) is 0 Å². The molecule has 0 saturated heterocycles. The second-order valence-corrected chi connectivity index (χ2v) is 10.3. The minimum Gasteiger partial charge on any atom is -0.254 e. The number of benzene rings is 4. The number of nitrogens with zero attached hydrogens (tertiary/aromatic N) is 6. The number of nitrogens with one attached hydrogen (secondary N) is 2. The molecule has 208 valence electrons. The van der Waals surface area contributed by atoms with Crippen LogP contribution in [0.1, 0.15) is 22.3 Å². The van der Waals surface area contributed by atoms with Crippen LogP contribution in [0.15, 0.2) is 152 Å². The van der Waals surface area contributed by atoms with Crippen LogP contribution in [0.2, 0.25) is 0 Å². The summed E-state index contributed by atoms with van der Waals surface area (Å²) in [6.07, 6.45) is 3.83. The normalized spacial score (nSPS) is 21.9. The number of rotatable bonds is 4. The van der Waals surface area contributed by atoms with Crippen LogP contribution in [0.25, 0.3) is 0 Å². The lowest BCUT2D eigenvalue weighted by molar-refractivity contribution is 1.02. The summed E-state index contributed by atoms with van der Waals surface area (Å²) >= 11 is 2.79. The highest BCUT2D eigenvalue weighted by Crippen LogP contribution is 2.14. The fraction of sp³-hybridized carbons (Fsp3) is 0.0625. The van der Waals surface area contributed by atoms with Gasteiger partial charge in [-0.1, -0.05) is 145 Å². The first-order valence-electron chi connectivity index (χ1n) is 13.1. The van der Waals surface area contributed by atoms with E-state index in [1.165, 1.54) is 23.5 Å². The molecule has 0 aliphatic carbocycles. The molecule has 2 N–H and O–H groups in total. The van der Waals surface area contributed by atoms with Gasteiger partial charge in [0.05, 0.1) is 0 Å². The molecule has 0 fully saturated rings.